The molecule has 6 heteroatoms. The third-order valence-corrected chi connectivity index (χ3v) is 2.98. The van der Waals surface area contributed by atoms with Crippen LogP contribution in [0.3, 0.4) is 0 Å². The number of nitrogens with two attached hydrogens (primary N) is 1. The van der Waals surface area contributed by atoms with Crippen molar-refractivity contribution in [2.45, 2.75) is 6.54 Å². The third kappa shape index (κ3) is 2.33. The normalized spacial score (nSPS) is 10.7. The molecule has 96 valence electrons. The van der Waals surface area contributed by atoms with Gasteiger partial charge in [-0.15, -0.1) is 5.10 Å². The van der Waals surface area contributed by atoms with Crippen molar-refractivity contribution < 1.29 is 0 Å². The summed E-state index contributed by atoms with van der Waals surface area (Å²) >= 11 is 0. The molecule has 0 aliphatic heterocycles. The number of hydrogen-bond acceptors (Lipinski definition) is 5. The number of anilines is 2. The first-order valence-corrected chi connectivity index (χ1v) is 6.05. The fraction of sp³-hybridized carbons (Fsp3) is 0.154. The first-order chi connectivity index (χ1) is 9.34. The maximum atomic E-state index is 5.94. The van der Waals surface area contributed by atoms with Crippen LogP contribution in [0.15, 0.2) is 43.0 Å². The largest absolute Gasteiger partial charge is 0.398 e. The van der Waals surface area contributed by atoms with Gasteiger partial charge in [0.25, 0.3) is 0 Å². The van der Waals surface area contributed by atoms with E-state index in [2.05, 4.69) is 20.6 Å². The van der Waals surface area contributed by atoms with Crippen molar-refractivity contribution in [1.29, 1.82) is 0 Å². The zero-order valence-corrected chi connectivity index (χ0v) is 10.3. The molecule has 0 saturated carbocycles. The van der Waals surface area contributed by atoms with Crippen molar-refractivity contribution >= 4 is 22.1 Å². The molecule has 0 saturated heterocycles. The summed E-state index contributed by atoms with van der Waals surface area (Å²) in [7, 11) is 0. The van der Waals surface area contributed by atoms with E-state index < -0.39 is 0 Å². The van der Waals surface area contributed by atoms with Crippen molar-refractivity contribution in [1.82, 2.24) is 20.0 Å². The lowest BCUT2D eigenvalue weighted by atomic mass is 10.1. The lowest BCUT2D eigenvalue weighted by molar-refractivity contribution is 0.609. The van der Waals surface area contributed by atoms with E-state index in [9.17, 15) is 0 Å². The number of hydrogen-bond donors (Lipinski definition) is 2. The van der Waals surface area contributed by atoms with Gasteiger partial charge in [-0.25, -0.2) is 0 Å². The Morgan fingerprint density at radius 3 is 2.95 bits per heavy atom. The van der Waals surface area contributed by atoms with Gasteiger partial charge in [-0.1, -0.05) is 5.21 Å². The second kappa shape index (κ2) is 4.93. The molecule has 19 heavy (non-hydrogen) atoms. The van der Waals surface area contributed by atoms with E-state index in [0.29, 0.717) is 0 Å². The van der Waals surface area contributed by atoms with Gasteiger partial charge in [0, 0.05) is 47.3 Å². The molecular formula is C13H14N6. The Morgan fingerprint density at radius 2 is 2.11 bits per heavy atom. The number of nitrogen functional groups attached to an aromatic ring is 1. The van der Waals surface area contributed by atoms with Gasteiger partial charge in [0.1, 0.15) is 0 Å². The average Bonchev–Trinajstić information content (AvgIpc) is 2.95. The quantitative estimate of drug-likeness (QED) is 0.690. The molecule has 0 bridgehead atoms. The number of benzene rings is 1. The smallest absolute Gasteiger partial charge is 0.0692 e. The summed E-state index contributed by atoms with van der Waals surface area (Å²) in [6, 6.07) is 5.84. The highest BCUT2D eigenvalue weighted by Gasteiger charge is 2.03. The molecule has 0 amide bonds. The maximum Gasteiger partial charge on any atom is 0.0692 e. The summed E-state index contributed by atoms with van der Waals surface area (Å²) in [5, 5.41) is 13.1. The van der Waals surface area contributed by atoms with Gasteiger partial charge in [-0.05, 0) is 18.2 Å². The van der Waals surface area contributed by atoms with Crippen LogP contribution in [0.25, 0.3) is 10.8 Å². The van der Waals surface area contributed by atoms with E-state index in [1.807, 2.05) is 24.4 Å². The first kappa shape index (κ1) is 11.5. The summed E-state index contributed by atoms with van der Waals surface area (Å²) in [4.78, 5) is 4.11. The molecule has 0 unspecified atom stereocenters. The number of pyridine rings is 1. The predicted molar refractivity (Wildman–Crippen MR) is 74.7 cm³/mol. The van der Waals surface area contributed by atoms with Gasteiger partial charge in [-0.2, -0.15) is 0 Å². The van der Waals surface area contributed by atoms with Crippen molar-refractivity contribution in [2.24, 2.45) is 0 Å². The summed E-state index contributed by atoms with van der Waals surface area (Å²) < 4.78 is 1.79. The zero-order valence-electron chi connectivity index (χ0n) is 10.3. The Labute approximate surface area is 110 Å². The van der Waals surface area contributed by atoms with Gasteiger partial charge in [-0.3, -0.25) is 9.67 Å². The zero-order chi connectivity index (χ0) is 13.1. The number of aromatic nitrogens is 4. The number of fused-ring (bicyclic) bond motifs is 1. The summed E-state index contributed by atoms with van der Waals surface area (Å²) in [5.41, 5.74) is 7.73. The molecule has 0 aliphatic rings. The molecule has 3 rings (SSSR count). The Bertz CT molecular complexity index is 677. The van der Waals surface area contributed by atoms with Crippen LogP contribution in [-0.4, -0.2) is 26.5 Å². The number of nitrogens with zero attached hydrogens (tertiary/aromatic N) is 4. The second-order valence-corrected chi connectivity index (χ2v) is 4.22. The number of rotatable bonds is 4. The Balaban J connectivity index is 1.79. The van der Waals surface area contributed by atoms with Gasteiger partial charge in [0.05, 0.1) is 12.7 Å². The van der Waals surface area contributed by atoms with Crippen LogP contribution in [0.1, 0.15) is 0 Å². The van der Waals surface area contributed by atoms with Crippen LogP contribution in [-0.2, 0) is 6.54 Å². The predicted octanol–water partition coefficient (Wildman–Crippen LogP) is 1.52. The van der Waals surface area contributed by atoms with E-state index in [1.165, 1.54) is 0 Å². The summed E-state index contributed by atoms with van der Waals surface area (Å²) in [6.45, 7) is 1.53. The topological polar surface area (TPSA) is 81.6 Å². The minimum absolute atomic E-state index is 0.741. The molecule has 6 nitrogen and oxygen atoms in total. The van der Waals surface area contributed by atoms with Crippen molar-refractivity contribution in [2.75, 3.05) is 17.6 Å². The van der Waals surface area contributed by atoms with Crippen LogP contribution in [0.2, 0.25) is 0 Å². The van der Waals surface area contributed by atoms with Crippen LogP contribution in [0.5, 0.6) is 0 Å². The van der Waals surface area contributed by atoms with E-state index >= 15 is 0 Å². The van der Waals surface area contributed by atoms with Crippen LogP contribution < -0.4 is 11.1 Å². The monoisotopic (exact) mass is 254 g/mol. The fourth-order valence-corrected chi connectivity index (χ4v) is 2.02. The minimum atomic E-state index is 0.741. The van der Waals surface area contributed by atoms with Crippen LogP contribution >= 0.6 is 0 Å². The Kier molecular flexibility index (Phi) is 2.97. The van der Waals surface area contributed by atoms with Gasteiger partial charge >= 0.3 is 0 Å². The maximum absolute atomic E-state index is 5.94. The van der Waals surface area contributed by atoms with Crippen molar-refractivity contribution in [3.8, 4) is 0 Å². The average molecular weight is 254 g/mol. The lowest BCUT2D eigenvalue weighted by Gasteiger charge is -2.10. The second-order valence-electron chi connectivity index (χ2n) is 4.22. The minimum Gasteiger partial charge on any atom is -0.398 e. The standard InChI is InChI=1S/C13H14N6/c14-12-1-2-13(10-3-4-15-9-11(10)12)16-5-7-19-8-6-17-18-19/h1-4,6,8-9,16H,5,7,14H2. The lowest BCUT2D eigenvalue weighted by Crippen LogP contribution is -2.11. The molecular weight excluding hydrogens is 240 g/mol. The summed E-state index contributed by atoms with van der Waals surface area (Å²) in [6.07, 6.45) is 7.06. The Hall–Kier alpha value is -2.63. The first-order valence-electron chi connectivity index (χ1n) is 6.05. The van der Waals surface area contributed by atoms with Crippen molar-refractivity contribution in [3.05, 3.63) is 43.0 Å². The highest BCUT2D eigenvalue weighted by Crippen LogP contribution is 2.27. The highest BCUT2D eigenvalue weighted by molar-refractivity contribution is 6.00. The fourth-order valence-electron chi connectivity index (χ4n) is 2.02. The molecule has 2 heterocycles. The van der Waals surface area contributed by atoms with E-state index in [0.717, 1.165) is 35.2 Å². The van der Waals surface area contributed by atoms with E-state index in [-0.39, 0.29) is 0 Å². The van der Waals surface area contributed by atoms with E-state index in [4.69, 9.17) is 5.73 Å². The summed E-state index contributed by atoms with van der Waals surface area (Å²) in [5.74, 6) is 0. The molecule has 0 atom stereocenters. The van der Waals surface area contributed by atoms with Crippen LogP contribution in [0.4, 0.5) is 11.4 Å². The molecule has 0 fully saturated rings. The Morgan fingerprint density at radius 1 is 1.16 bits per heavy atom. The molecule has 3 aromatic rings. The van der Waals surface area contributed by atoms with Crippen LogP contribution in [0, 0.1) is 0 Å². The van der Waals surface area contributed by atoms with Crippen molar-refractivity contribution in [3.63, 3.8) is 0 Å². The molecule has 3 N–H and O–H groups in total. The third-order valence-electron chi connectivity index (χ3n) is 2.98. The molecule has 0 spiro atoms. The molecule has 1 aromatic carbocycles. The van der Waals surface area contributed by atoms with E-state index in [1.54, 1.807) is 23.3 Å². The molecule has 0 aliphatic carbocycles. The molecule has 2 aromatic heterocycles. The van der Waals surface area contributed by atoms with Gasteiger partial charge in [0.2, 0.25) is 0 Å². The molecule has 0 radical (unpaired) electrons. The van der Waals surface area contributed by atoms with Gasteiger partial charge in [0.15, 0.2) is 0 Å². The SMILES string of the molecule is Nc1ccc(NCCn2ccnn2)c2ccncc12. The van der Waals surface area contributed by atoms with Gasteiger partial charge < -0.3 is 11.1 Å². The highest BCUT2D eigenvalue weighted by atomic mass is 15.4. The number of nitrogens with one attached hydrogen (secondary N) is 1.